The van der Waals surface area contributed by atoms with Gasteiger partial charge in [-0.05, 0) is 43.3 Å². The van der Waals surface area contributed by atoms with E-state index in [1.807, 2.05) is 0 Å². The number of thioether (sulfide) groups is 1. The molecular formula is C20H19N5O3S. The summed E-state index contributed by atoms with van der Waals surface area (Å²) in [7, 11) is 1.81. The first-order chi connectivity index (χ1) is 13.9. The minimum atomic E-state index is -0.304. The fraction of sp³-hybridized carbons (Fsp3) is 0.150. The summed E-state index contributed by atoms with van der Waals surface area (Å²) in [5.41, 5.74) is 2.09. The number of aromatic nitrogens is 3. The number of carbonyl (C=O) groups excluding carboxylic acids is 3. The highest BCUT2D eigenvalue weighted by Crippen LogP contribution is 2.16. The van der Waals surface area contributed by atoms with Crippen LogP contribution in [0.5, 0.6) is 0 Å². The summed E-state index contributed by atoms with van der Waals surface area (Å²) in [6.45, 7) is 1.47. The van der Waals surface area contributed by atoms with Gasteiger partial charge in [0.1, 0.15) is 6.33 Å². The third-order valence-electron chi connectivity index (χ3n) is 3.96. The molecule has 0 fully saturated rings. The maximum atomic E-state index is 12.4. The van der Waals surface area contributed by atoms with Crippen LogP contribution >= 0.6 is 11.8 Å². The first kappa shape index (κ1) is 20.3. The Kier molecular flexibility index (Phi) is 6.40. The lowest BCUT2D eigenvalue weighted by atomic mass is 10.1. The third-order valence-corrected chi connectivity index (χ3v) is 4.99. The molecule has 2 amide bonds. The molecule has 0 atom stereocenters. The van der Waals surface area contributed by atoms with E-state index in [0.29, 0.717) is 27.7 Å². The number of aryl methyl sites for hydroxylation is 1. The van der Waals surface area contributed by atoms with Crippen LogP contribution in [0.3, 0.4) is 0 Å². The number of nitrogens with one attached hydrogen (secondary N) is 2. The molecule has 29 heavy (non-hydrogen) atoms. The van der Waals surface area contributed by atoms with Crippen LogP contribution < -0.4 is 10.6 Å². The monoisotopic (exact) mass is 409 g/mol. The molecule has 8 nitrogen and oxygen atoms in total. The zero-order valence-corrected chi connectivity index (χ0v) is 16.7. The van der Waals surface area contributed by atoms with Gasteiger partial charge in [0, 0.05) is 29.5 Å². The average molecular weight is 409 g/mol. The van der Waals surface area contributed by atoms with Crippen molar-refractivity contribution in [3.8, 4) is 0 Å². The molecule has 2 aromatic carbocycles. The lowest BCUT2D eigenvalue weighted by Crippen LogP contribution is -2.15. The molecule has 0 bridgehead atoms. The highest BCUT2D eigenvalue weighted by molar-refractivity contribution is 7.99. The van der Waals surface area contributed by atoms with Crippen LogP contribution in [0.25, 0.3) is 0 Å². The molecule has 0 aliphatic carbocycles. The summed E-state index contributed by atoms with van der Waals surface area (Å²) in [6.07, 6.45) is 1.57. The molecule has 1 heterocycles. The van der Waals surface area contributed by atoms with E-state index in [1.54, 1.807) is 66.5 Å². The van der Waals surface area contributed by atoms with Crippen LogP contribution in [0, 0.1) is 0 Å². The second-order valence-corrected chi connectivity index (χ2v) is 7.17. The number of amides is 2. The number of ketones is 1. The van der Waals surface area contributed by atoms with Gasteiger partial charge in [-0.1, -0.05) is 23.9 Å². The Hall–Kier alpha value is -3.46. The Morgan fingerprint density at radius 3 is 2.41 bits per heavy atom. The summed E-state index contributed by atoms with van der Waals surface area (Å²) in [5.74, 6) is -0.363. The molecule has 3 aromatic rings. The predicted octanol–water partition coefficient (Wildman–Crippen LogP) is 3.00. The van der Waals surface area contributed by atoms with Gasteiger partial charge in [-0.2, -0.15) is 0 Å². The van der Waals surface area contributed by atoms with Crippen LogP contribution in [0.15, 0.2) is 60.0 Å². The minimum Gasteiger partial charge on any atom is -0.325 e. The minimum absolute atomic E-state index is 0.0708. The van der Waals surface area contributed by atoms with Gasteiger partial charge < -0.3 is 15.2 Å². The van der Waals surface area contributed by atoms with Crippen molar-refractivity contribution in [1.82, 2.24) is 14.8 Å². The van der Waals surface area contributed by atoms with Crippen molar-refractivity contribution in [2.75, 3.05) is 16.4 Å². The molecule has 0 spiro atoms. The predicted molar refractivity (Wildman–Crippen MR) is 111 cm³/mol. The zero-order valence-electron chi connectivity index (χ0n) is 15.9. The van der Waals surface area contributed by atoms with Crippen molar-refractivity contribution in [3.63, 3.8) is 0 Å². The van der Waals surface area contributed by atoms with E-state index in [1.165, 1.54) is 18.7 Å². The topological polar surface area (TPSA) is 106 Å². The fourth-order valence-electron chi connectivity index (χ4n) is 2.45. The van der Waals surface area contributed by atoms with Crippen LogP contribution in [-0.2, 0) is 11.8 Å². The van der Waals surface area contributed by atoms with Gasteiger partial charge in [0.25, 0.3) is 5.91 Å². The lowest BCUT2D eigenvalue weighted by Gasteiger charge is -2.08. The third kappa shape index (κ3) is 5.52. The van der Waals surface area contributed by atoms with Crippen molar-refractivity contribution in [2.45, 2.75) is 12.1 Å². The second kappa shape index (κ2) is 9.16. The normalized spacial score (nSPS) is 10.4. The molecule has 0 aliphatic rings. The SMILES string of the molecule is CC(=O)c1cccc(NC(=O)c2ccc(NC(=O)CSc3nncn3C)cc2)c1. The van der Waals surface area contributed by atoms with Crippen molar-refractivity contribution < 1.29 is 14.4 Å². The summed E-state index contributed by atoms with van der Waals surface area (Å²) in [4.78, 5) is 35.9. The number of carbonyl (C=O) groups is 3. The number of Topliss-reactive ketones (excluding diaryl/α,β-unsaturated/α-hetero) is 1. The first-order valence-corrected chi connectivity index (χ1v) is 9.70. The molecule has 2 N–H and O–H groups in total. The van der Waals surface area contributed by atoms with Crippen LogP contribution in [0.1, 0.15) is 27.6 Å². The van der Waals surface area contributed by atoms with E-state index in [-0.39, 0.29) is 23.4 Å². The maximum Gasteiger partial charge on any atom is 0.255 e. The van der Waals surface area contributed by atoms with E-state index >= 15 is 0 Å². The molecule has 0 radical (unpaired) electrons. The van der Waals surface area contributed by atoms with Gasteiger partial charge in [-0.25, -0.2) is 0 Å². The fourth-order valence-corrected chi connectivity index (χ4v) is 3.14. The Morgan fingerprint density at radius 2 is 1.76 bits per heavy atom. The van der Waals surface area contributed by atoms with Crippen molar-refractivity contribution >= 4 is 40.7 Å². The van der Waals surface area contributed by atoms with Crippen molar-refractivity contribution in [2.24, 2.45) is 7.05 Å². The molecule has 9 heteroatoms. The van der Waals surface area contributed by atoms with Gasteiger partial charge in [0.15, 0.2) is 10.9 Å². The Balaban J connectivity index is 1.55. The molecule has 0 aliphatic heterocycles. The molecular weight excluding hydrogens is 390 g/mol. The molecule has 148 valence electrons. The van der Waals surface area contributed by atoms with Gasteiger partial charge in [0.2, 0.25) is 5.91 Å². The van der Waals surface area contributed by atoms with Gasteiger partial charge in [-0.15, -0.1) is 10.2 Å². The highest BCUT2D eigenvalue weighted by atomic mass is 32.2. The van der Waals surface area contributed by atoms with Crippen molar-refractivity contribution in [3.05, 3.63) is 66.0 Å². The lowest BCUT2D eigenvalue weighted by molar-refractivity contribution is -0.113. The Bertz CT molecular complexity index is 1050. The molecule has 0 saturated heterocycles. The van der Waals surface area contributed by atoms with Gasteiger partial charge in [-0.3, -0.25) is 14.4 Å². The number of anilines is 2. The van der Waals surface area contributed by atoms with Gasteiger partial charge in [0.05, 0.1) is 5.75 Å². The van der Waals surface area contributed by atoms with E-state index in [0.717, 1.165) is 0 Å². The van der Waals surface area contributed by atoms with Crippen LogP contribution in [-0.4, -0.2) is 38.1 Å². The van der Waals surface area contributed by atoms with E-state index in [9.17, 15) is 14.4 Å². The van der Waals surface area contributed by atoms with Gasteiger partial charge >= 0.3 is 0 Å². The standard InChI is InChI=1S/C20H19N5O3S/c1-13(26)15-4-3-5-17(10-15)23-19(28)14-6-8-16(9-7-14)22-18(27)11-29-20-24-21-12-25(20)2/h3-10,12H,11H2,1-2H3,(H,22,27)(H,23,28). The molecule has 0 saturated carbocycles. The summed E-state index contributed by atoms with van der Waals surface area (Å²) in [5, 5.41) is 13.9. The summed E-state index contributed by atoms with van der Waals surface area (Å²) >= 11 is 1.28. The molecule has 1 aromatic heterocycles. The average Bonchev–Trinajstić information content (AvgIpc) is 3.12. The summed E-state index contributed by atoms with van der Waals surface area (Å²) in [6, 6.07) is 13.3. The van der Waals surface area contributed by atoms with E-state index < -0.39 is 0 Å². The van der Waals surface area contributed by atoms with E-state index in [2.05, 4.69) is 20.8 Å². The van der Waals surface area contributed by atoms with E-state index in [4.69, 9.17) is 0 Å². The Labute approximate surface area is 171 Å². The highest BCUT2D eigenvalue weighted by Gasteiger charge is 2.10. The quantitative estimate of drug-likeness (QED) is 0.459. The second-order valence-electron chi connectivity index (χ2n) is 6.23. The smallest absolute Gasteiger partial charge is 0.255 e. The molecule has 3 rings (SSSR count). The van der Waals surface area contributed by atoms with Crippen LogP contribution in [0.4, 0.5) is 11.4 Å². The number of nitrogens with zero attached hydrogens (tertiary/aromatic N) is 3. The number of benzene rings is 2. The maximum absolute atomic E-state index is 12.4. The first-order valence-electron chi connectivity index (χ1n) is 8.71. The zero-order chi connectivity index (χ0) is 20.8. The largest absolute Gasteiger partial charge is 0.325 e. The summed E-state index contributed by atoms with van der Waals surface area (Å²) < 4.78 is 1.73. The number of rotatable bonds is 7. The number of hydrogen-bond acceptors (Lipinski definition) is 6. The molecule has 0 unspecified atom stereocenters. The van der Waals surface area contributed by atoms with Crippen molar-refractivity contribution in [1.29, 1.82) is 0 Å². The number of hydrogen-bond donors (Lipinski definition) is 2. The Morgan fingerprint density at radius 1 is 1.00 bits per heavy atom. The van der Waals surface area contributed by atoms with Crippen LogP contribution in [0.2, 0.25) is 0 Å².